The van der Waals surface area contributed by atoms with E-state index in [1.165, 1.54) is 12.1 Å². The maximum atomic E-state index is 13.2. The monoisotopic (exact) mass is 232 g/mol. The first-order valence-corrected chi connectivity index (χ1v) is 5.66. The molecule has 1 aromatic rings. The van der Waals surface area contributed by atoms with Gasteiger partial charge in [0.15, 0.2) is 0 Å². The van der Waals surface area contributed by atoms with Gasteiger partial charge in [-0.3, -0.25) is 4.79 Å². The molecule has 0 atom stereocenters. The van der Waals surface area contributed by atoms with Crippen LogP contribution in [0.5, 0.6) is 0 Å². The quantitative estimate of drug-likeness (QED) is 0.784. The van der Waals surface area contributed by atoms with Crippen molar-refractivity contribution in [2.24, 2.45) is 0 Å². The molecule has 0 N–H and O–H groups in total. The van der Waals surface area contributed by atoms with Gasteiger partial charge in [-0.25, -0.2) is 4.39 Å². The lowest BCUT2D eigenvalue weighted by Crippen LogP contribution is -2.34. The molecule has 1 aliphatic rings. The fourth-order valence-electron chi connectivity index (χ4n) is 2.06. The summed E-state index contributed by atoms with van der Waals surface area (Å²) in [6.45, 7) is 1.11. The van der Waals surface area contributed by atoms with Crippen LogP contribution in [0.25, 0.3) is 0 Å². The minimum Gasteiger partial charge on any atom is -0.338 e. The van der Waals surface area contributed by atoms with Crippen LogP contribution >= 0.6 is 0 Å². The third-order valence-corrected chi connectivity index (χ3v) is 2.88. The highest BCUT2D eigenvalue weighted by Crippen LogP contribution is 2.16. The molecule has 0 bridgehead atoms. The predicted molar refractivity (Wildman–Crippen MR) is 60.4 cm³/mol. The summed E-state index contributed by atoms with van der Waals surface area (Å²) in [6, 6.07) is 6.12. The second-order valence-electron chi connectivity index (χ2n) is 4.23. The summed E-state index contributed by atoms with van der Waals surface area (Å²) in [7, 11) is 0. The van der Waals surface area contributed by atoms with Gasteiger partial charge in [0.1, 0.15) is 5.82 Å². The normalized spacial score (nSPS) is 15.8. The van der Waals surface area contributed by atoms with Crippen LogP contribution in [-0.2, 0) is 11.3 Å². The minimum absolute atomic E-state index is 0.110. The van der Waals surface area contributed by atoms with Gasteiger partial charge >= 0.3 is 0 Å². The molecule has 0 spiro atoms. The Morgan fingerprint density at radius 2 is 2.18 bits per heavy atom. The molecule has 1 aromatic carbocycles. The molecule has 0 radical (unpaired) electrons. The van der Waals surface area contributed by atoms with E-state index in [2.05, 4.69) is 0 Å². The van der Waals surface area contributed by atoms with Crippen molar-refractivity contribution in [1.82, 2.24) is 4.90 Å². The number of nitriles is 1. The fraction of sp³-hybridized carbons (Fsp3) is 0.385. The number of hydrogen-bond acceptors (Lipinski definition) is 2. The van der Waals surface area contributed by atoms with Gasteiger partial charge in [0, 0.05) is 19.5 Å². The molecule has 88 valence electrons. The van der Waals surface area contributed by atoms with Crippen LogP contribution in [-0.4, -0.2) is 17.4 Å². The van der Waals surface area contributed by atoms with Crippen molar-refractivity contribution >= 4 is 5.91 Å². The van der Waals surface area contributed by atoms with Gasteiger partial charge in [-0.05, 0) is 36.6 Å². The lowest BCUT2D eigenvalue weighted by atomic mass is 10.1. The highest BCUT2D eigenvalue weighted by Gasteiger charge is 2.18. The molecule has 0 saturated carbocycles. The number of hydrogen-bond donors (Lipinski definition) is 0. The van der Waals surface area contributed by atoms with E-state index in [0.29, 0.717) is 24.1 Å². The maximum Gasteiger partial charge on any atom is 0.222 e. The first-order chi connectivity index (χ1) is 8.19. The summed E-state index contributed by atoms with van der Waals surface area (Å²) in [5.74, 6) is -0.317. The Bertz CT molecular complexity index is 479. The molecule has 3 nitrogen and oxygen atoms in total. The van der Waals surface area contributed by atoms with Crippen molar-refractivity contribution < 1.29 is 9.18 Å². The highest BCUT2D eigenvalue weighted by molar-refractivity contribution is 5.76. The minimum atomic E-state index is -0.427. The van der Waals surface area contributed by atoms with E-state index >= 15 is 0 Å². The molecule has 0 aliphatic carbocycles. The number of piperidine rings is 1. The van der Waals surface area contributed by atoms with E-state index in [9.17, 15) is 9.18 Å². The van der Waals surface area contributed by atoms with Gasteiger partial charge in [-0.15, -0.1) is 0 Å². The Hall–Kier alpha value is -1.89. The van der Waals surface area contributed by atoms with Gasteiger partial charge in [0.25, 0.3) is 0 Å². The van der Waals surface area contributed by atoms with Crippen molar-refractivity contribution in [3.8, 4) is 6.07 Å². The summed E-state index contributed by atoms with van der Waals surface area (Å²) in [6.07, 6.45) is 2.49. The first kappa shape index (κ1) is 11.6. The van der Waals surface area contributed by atoms with Gasteiger partial charge < -0.3 is 4.90 Å². The Kier molecular flexibility index (Phi) is 3.38. The van der Waals surface area contributed by atoms with Crippen molar-refractivity contribution in [2.75, 3.05) is 6.54 Å². The van der Waals surface area contributed by atoms with Crippen molar-refractivity contribution in [2.45, 2.75) is 25.8 Å². The van der Waals surface area contributed by atoms with E-state index < -0.39 is 5.82 Å². The number of carbonyl (C=O) groups is 1. The Labute approximate surface area is 99.5 Å². The molecule has 17 heavy (non-hydrogen) atoms. The zero-order chi connectivity index (χ0) is 12.3. The summed E-state index contributed by atoms with van der Waals surface area (Å²) >= 11 is 0. The smallest absolute Gasteiger partial charge is 0.222 e. The molecular weight excluding hydrogens is 219 g/mol. The zero-order valence-electron chi connectivity index (χ0n) is 9.45. The topological polar surface area (TPSA) is 44.1 Å². The number of likely N-dealkylation sites (tertiary alicyclic amines) is 1. The van der Waals surface area contributed by atoms with Crippen molar-refractivity contribution in [1.29, 1.82) is 5.26 Å². The molecule has 1 heterocycles. The molecule has 1 amide bonds. The number of halogens is 1. The third-order valence-electron chi connectivity index (χ3n) is 2.88. The summed E-state index contributed by atoms with van der Waals surface area (Å²) in [5.41, 5.74) is 0.973. The van der Waals surface area contributed by atoms with Crippen LogP contribution in [0.15, 0.2) is 18.2 Å². The summed E-state index contributed by atoms with van der Waals surface area (Å²) in [4.78, 5) is 13.3. The standard InChI is InChI=1S/C13H13FN2O/c14-12-6-10(8-15)5-11(7-12)9-16-4-2-1-3-13(16)17/h5-7H,1-4,9H2. The molecule has 4 heteroatoms. The molecule has 1 aliphatic heterocycles. The lowest BCUT2D eigenvalue weighted by Gasteiger charge is -2.26. The highest BCUT2D eigenvalue weighted by atomic mass is 19.1. The van der Waals surface area contributed by atoms with Crippen LogP contribution in [0.2, 0.25) is 0 Å². The van der Waals surface area contributed by atoms with Gasteiger partial charge in [-0.1, -0.05) is 0 Å². The molecule has 1 fully saturated rings. The second kappa shape index (κ2) is 4.96. The molecule has 0 unspecified atom stereocenters. The number of nitrogens with zero attached hydrogens (tertiary/aromatic N) is 2. The zero-order valence-corrected chi connectivity index (χ0v) is 9.45. The van der Waals surface area contributed by atoms with Crippen LogP contribution in [0.1, 0.15) is 30.4 Å². The lowest BCUT2D eigenvalue weighted by molar-refractivity contribution is -0.133. The number of carbonyl (C=O) groups excluding carboxylic acids is 1. The van der Waals surface area contributed by atoms with Gasteiger partial charge in [-0.2, -0.15) is 5.26 Å². The third kappa shape index (κ3) is 2.82. The van der Waals surface area contributed by atoms with Crippen molar-refractivity contribution in [3.63, 3.8) is 0 Å². The largest absolute Gasteiger partial charge is 0.338 e. The SMILES string of the molecule is N#Cc1cc(F)cc(CN2CCCCC2=O)c1. The van der Waals surface area contributed by atoms with Crippen molar-refractivity contribution in [3.05, 3.63) is 35.1 Å². The fourth-order valence-corrected chi connectivity index (χ4v) is 2.06. The van der Waals surface area contributed by atoms with E-state index in [4.69, 9.17) is 5.26 Å². The molecule has 1 saturated heterocycles. The maximum absolute atomic E-state index is 13.2. The van der Waals surface area contributed by atoms with Gasteiger partial charge in [0.2, 0.25) is 5.91 Å². The van der Waals surface area contributed by atoms with Crippen LogP contribution in [0.3, 0.4) is 0 Å². The summed E-state index contributed by atoms with van der Waals surface area (Å²) < 4.78 is 13.2. The Balaban J connectivity index is 2.15. The molecule has 0 aromatic heterocycles. The number of amides is 1. The van der Waals surface area contributed by atoms with Crippen LogP contribution in [0, 0.1) is 17.1 Å². The average Bonchev–Trinajstić information content (AvgIpc) is 2.31. The number of rotatable bonds is 2. The second-order valence-corrected chi connectivity index (χ2v) is 4.23. The van der Waals surface area contributed by atoms with E-state index in [1.54, 1.807) is 11.0 Å². The predicted octanol–water partition coefficient (Wildman–Crippen LogP) is 2.21. The molecule has 2 rings (SSSR count). The molecular formula is C13H13FN2O. The Morgan fingerprint density at radius 1 is 1.35 bits per heavy atom. The van der Waals surface area contributed by atoms with Gasteiger partial charge in [0.05, 0.1) is 11.6 Å². The van der Waals surface area contributed by atoms with E-state index in [-0.39, 0.29) is 5.91 Å². The average molecular weight is 232 g/mol. The first-order valence-electron chi connectivity index (χ1n) is 5.66. The van der Waals surface area contributed by atoms with E-state index in [1.807, 2.05) is 6.07 Å². The van der Waals surface area contributed by atoms with Crippen LogP contribution in [0.4, 0.5) is 4.39 Å². The van der Waals surface area contributed by atoms with Crippen LogP contribution < -0.4 is 0 Å². The Morgan fingerprint density at radius 3 is 2.88 bits per heavy atom. The van der Waals surface area contributed by atoms with E-state index in [0.717, 1.165) is 19.4 Å². The summed E-state index contributed by atoms with van der Waals surface area (Å²) in [5, 5.41) is 8.75. The number of benzene rings is 1.